The van der Waals surface area contributed by atoms with Gasteiger partial charge in [-0.2, -0.15) is 0 Å². The Morgan fingerprint density at radius 3 is 2.40 bits per heavy atom. The molecule has 0 aliphatic carbocycles. The van der Waals surface area contributed by atoms with Gasteiger partial charge >= 0.3 is 0 Å². The molecule has 0 spiro atoms. The summed E-state index contributed by atoms with van der Waals surface area (Å²) in [7, 11) is 0. The zero-order valence-corrected chi connectivity index (χ0v) is 21.1. The van der Waals surface area contributed by atoms with Gasteiger partial charge in [-0.15, -0.1) is 0 Å². The van der Waals surface area contributed by atoms with Crippen molar-refractivity contribution < 1.29 is 14.3 Å². The Morgan fingerprint density at radius 2 is 1.69 bits per heavy atom. The van der Waals surface area contributed by atoms with E-state index in [4.69, 9.17) is 16.3 Å². The van der Waals surface area contributed by atoms with Gasteiger partial charge in [0, 0.05) is 24.5 Å². The van der Waals surface area contributed by atoms with Gasteiger partial charge in [-0.3, -0.25) is 9.59 Å². The van der Waals surface area contributed by atoms with E-state index < -0.39 is 6.04 Å². The van der Waals surface area contributed by atoms with Crippen molar-refractivity contribution >= 4 is 23.4 Å². The van der Waals surface area contributed by atoms with E-state index >= 15 is 0 Å². The van der Waals surface area contributed by atoms with Gasteiger partial charge in [-0.1, -0.05) is 85.6 Å². The summed E-state index contributed by atoms with van der Waals surface area (Å²) in [5.41, 5.74) is 2.77. The molecule has 0 aromatic heterocycles. The molecular formula is C29H33ClN2O3. The molecule has 0 fully saturated rings. The zero-order valence-electron chi connectivity index (χ0n) is 20.4. The second-order valence-electron chi connectivity index (χ2n) is 8.56. The van der Waals surface area contributed by atoms with Crippen molar-refractivity contribution in [2.45, 2.75) is 45.7 Å². The molecule has 5 nitrogen and oxygen atoms in total. The summed E-state index contributed by atoms with van der Waals surface area (Å²) in [5, 5.41) is 3.60. The van der Waals surface area contributed by atoms with Crippen LogP contribution in [0.3, 0.4) is 0 Å². The molecule has 0 saturated heterocycles. The normalized spacial score (nSPS) is 11.5. The second kappa shape index (κ2) is 13.5. The minimum absolute atomic E-state index is 0.168. The number of rotatable bonds is 12. The van der Waals surface area contributed by atoms with Crippen LogP contribution in [0, 0.1) is 6.92 Å². The molecule has 3 aromatic rings. The lowest BCUT2D eigenvalue weighted by Gasteiger charge is -2.31. The van der Waals surface area contributed by atoms with E-state index in [2.05, 4.69) is 12.2 Å². The van der Waals surface area contributed by atoms with Crippen molar-refractivity contribution in [2.75, 3.05) is 13.2 Å². The van der Waals surface area contributed by atoms with Gasteiger partial charge in [-0.05, 0) is 48.2 Å². The number of para-hydroxylation sites is 1. The first kappa shape index (κ1) is 26.3. The highest BCUT2D eigenvalue weighted by atomic mass is 35.5. The standard InChI is InChI=1S/C29H33ClN2O3/c1-3-4-17-31-29(34)26(19-23-12-6-5-7-13-23)32(20-24-14-10-15-25(30)18-24)28(33)21-35-27-16-9-8-11-22(27)2/h5-16,18,26H,3-4,17,19-21H2,1-2H3,(H,31,34). The fraction of sp³-hybridized carbons (Fsp3) is 0.310. The van der Waals surface area contributed by atoms with Crippen LogP contribution in [-0.2, 0) is 22.6 Å². The Morgan fingerprint density at radius 1 is 0.971 bits per heavy atom. The first-order valence-electron chi connectivity index (χ1n) is 12.0. The molecule has 0 saturated carbocycles. The zero-order chi connectivity index (χ0) is 25.0. The Balaban J connectivity index is 1.89. The summed E-state index contributed by atoms with van der Waals surface area (Å²) >= 11 is 6.22. The van der Waals surface area contributed by atoms with Gasteiger partial charge in [0.05, 0.1) is 0 Å². The average Bonchev–Trinajstić information content (AvgIpc) is 2.86. The maximum Gasteiger partial charge on any atom is 0.261 e. The van der Waals surface area contributed by atoms with Gasteiger partial charge in [0.2, 0.25) is 5.91 Å². The quantitative estimate of drug-likeness (QED) is 0.335. The fourth-order valence-electron chi connectivity index (χ4n) is 3.83. The highest BCUT2D eigenvalue weighted by Crippen LogP contribution is 2.20. The minimum atomic E-state index is -0.693. The van der Waals surface area contributed by atoms with Crippen LogP contribution in [0.1, 0.15) is 36.5 Å². The van der Waals surface area contributed by atoms with E-state index in [1.165, 1.54) is 0 Å². The van der Waals surface area contributed by atoms with Gasteiger partial charge in [0.1, 0.15) is 11.8 Å². The molecular weight excluding hydrogens is 460 g/mol. The lowest BCUT2D eigenvalue weighted by atomic mass is 10.0. The molecule has 0 aliphatic heterocycles. The van der Waals surface area contributed by atoms with Crippen LogP contribution in [0.25, 0.3) is 0 Å². The fourth-order valence-corrected chi connectivity index (χ4v) is 4.05. The summed E-state index contributed by atoms with van der Waals surface area (Å²) in [5.74, 6) is 0.212. The smallest absolute Gasteiger partial charge is 0.261 e. The van der Waals surface area contributed by atoms with Crippen molar-refractivity contribution in [1.82, 2.24) is 10.2 Å². The molecule has 184 valence electrons. The van der Waals surface area contributed by atoms with Crippen LogP contribution in [-0.4, -0.2) is 35.9 Å². The van der Waals surface area contributed by atoms with Crippen LogP contribution in [0.4, 0.5) is 0 Å². The van der Waals surface area contributed by atoms with Crippen molar-refractivity contribution in [3.63, 3.8) is 0 Å². The third-order valence-electron chi connectivity index (χ3n) is 5.79. The molecule has 0 radical (unpaired) electrons. The number of unbranched alkanes of at least 4 members (excludes halogenated alkanes) is 1. The van der Waals surface area contributed by atoms with Crippen LogP contribution < -0.4 is 10.1 Å². The van der Waals surface area contributed by atoms with Crippen LogP contribution >= 0.6 is 11.6 Å². The van der Waals surface area contributed by atoms with Crippen LogP contribution in [0.15, 0.2) is 78.9 Å². The number of aryl methyl sites for hydroxylation is 1. The molecule has 0 bridgehead atoms. The number of ether oxygens (including phenoxy) is 1. The Hall–Kier alpha value is -3.31. The predicted molar refractivity (Wildman–Crippen MR) is 141 cm³/mol. The number of nitrogens with one attached hydrogen (secondary N) is 1. The third kappa shape index (κ3) is 8.15. The second-order valence-corrected chi connectivity index (χ2v) is 8.99. The maximum absolute atomic E-state index is 13.6. The molecule has 1 atom stereocenters. The Labute approximate surface area is 213 Å². The molecule has 0 aliphatic rings. The minimum Gasteiger partial charge on any atom is -0.484 e. The van der Waals surface area contributed by atoms with E-state index in [1.54, 1.807) is 11.0 Å². The molecule has 1 N–H and O–H groups in total. The van der Waals surface area contributed by atoms with E-state index in [9.17, 15) is 9.59 Å². The predicted octanol–water partition coefficient (Wildman–Crippen LogP) is 5.58. The Bertz CT molecular complexity index is 1100. The van der Waals surface area contributed by atoms with Gasteiger partial charge < -0.3 is 15.0 Å². The maximum atomic E-state index is 13.6. The summed E-state index contributed by atoms with van der Waals surface area (Å²) in [4.78, 5) is 28.6. The topological polar surface area (TPSA) is 58.6 Å². The molecule has 6 heteroatoms. The van der Waals surface area contributed by atoms with Crippen molar-refractivity contribution in [1.29, 1.82) is 0 Å². The van der Waals surface area contributed by atoms with Crippen molar-refractivity contribution in [2.24, 2.45) is 0 Å². The number of benzene rings is 3. The number of nitrogens with zero attached hydrogens (tertiary/aromatic N) is 1. The average molecular weight is 493 g/mol. The molecule has 0 heterocycles. The third-order valence-corrected chi connectivity index (χ3v) is 6.02. The summed E-state index contributed by atoms with van der Waals surface area (Å²) < 4.78 is 5.87. The number of carbonyl (C=O) groups excluding carboxylic acids is 2. The van der Waals surface area contributed by atoms with Gasteiger partial charge in [0.15, 0.2) is 6.61 Å². The monoisotopic (exact) mass is 492 g/mol. The number of halogens is 1. The first-order chi connectivity index (χ1) is 17.0. The van der Waals surface area contributed by atoms with Crippen molar-refractivity contribution in [3.05, 3.63) is 101 Å². The van der Waals surface area contributed by atoms with E-state index in [-0.39, 0.29) is 25.0 Å². The summed E-state index contributed by atoms with van der Waals surface area (Å²) in [6, 6.07) is 24.0. The first-order valence-corrected chi connectivity index (χ1v) is 12.4. The number of carbonyl (C=O) groups is 2. The molecule has 1 unspecified atom stereocenters. The van der Waals surface area contributed by atoms with E-state index in [0.717, 1.165) is 29.5 Å². The molecule has 2 amide bonds. The van der Waals surface area contributed by atoms with Crippen LogP contribution in [0.5, 0.6) is 5.75 Å². The van der Waals surface area contributed by atoms with Crippen molar-refractivity contribution in [3.8, 4) is 5.75 Å². The van der Waals surface area contributed by atoms with Gasteiger partial charge in [-0.25, -0.2) is 0 Å². The lowest BCUT2D eigenvalue weighted by molar-refractivity contribution is -0.142. The highest BCUT2D eigenvalue weighted by Gasteiger charge is 2.30. The molecule has 3 aromatic carbocycles. The number of amides is 2. The largest absolute Gasteiger partial charge is 0.484 e. The van der Waals surface area contributed by atoms with Crippen LogP contribution in [0.2, 0.25) is 5.02 Å². The number of hydrogen-bond acceptors (Lipinski definition) is 3. The van der Waals surface area contributed by atoms with Gasteiger partial charge in [0.25, 0.3) is 5.91 Å². The van der Waals surface area contributed by atoms with E-state index in [0.29, 0.717) is 23.7 Å². The lowest BCUT2D eigenvalue weighted by Crippen LogP contribution is -2.51. The summed E-state index contributed by atoms with van der Waals surface area (Å²) in [6.45, 7) is 4.65. The Kier molecular flexibility index (Phi) is 10.2. The van der Waals surface area contributed by atoms with E-state index in [1.807, 2.05) is 79.7 Å². The number of hydrogen-bond donors (Lipinski definition) is 1. The molecule has 35 heavy (non-hydrogen) atoms. The SMILES string of the molecule is CCCCNC(=O)C(Cc1ccccc1)N(Cc1cccc(Cl)c1)C(=O)COc1ccccc1C. The summed E-state index contributed by atoms with van der Waals surface area (Å²) in [6.07, 6.45) is 2.25. The highest BCUT2D eigenvalue weighted by molar-refractivity contribution is 6.30. The molecule has 3 rings (SSSR count).